The molecule has 0 radical (unpaired) electrons. The minimum absolute atomic E-state index is 0.0625. The number of esters is 1. The van der Waals surface area contributed by atoms with Crippen LogP contribution in [-0.4, -0.2) is 65.1 Å². The molecule has 1 aromatic rings. The second-order valence-electron chi connectivity index (χ2n) is 12.2. The number of benzene rings is 1. The third-order valence-corrected chi connectivity index (χ3v) is 8.24. The molecule has 2 aliphatic heterocycles. The molecule has 210 valence electrons. The molecular weight excluding hydrogens is 498 g/mol. The lowest BCUT2D eigenvalue weighted by atomic mass is 9.85. The first-order valence-corrected chi connectivity index (χ1v) is 14.0. The molecule has 1 aromatic carbocycles. The fourth-order valence-electron chi connectivity index (χ4n) is 5.82. The molecule has 0 aromatic heterocycles. The van der Waals surface area contributed by atoms with E-state index in [4.69, 9.17) is 19.2 Å². The van der Waals surface area contributed by atoms with Gasteiger partial charge in [-0.05, 0) is 43.1 Å². The van der Waals surface area contributed by atoms with Gasteiger partial charge in [0.1, 0.15) is 18.2 Å². The van der Waals surface area contributed by atoms with E-state index in [-0.39, 0.29) is 36.5 Å². The van der Waals surface area contributed by atoms with Crippen molar-refractivity contribution in [3.05, 3.63) is 48.6 Å². The van der Waals surface area contributed by atoms with Crippen LogP contribution in [0.1, 0.15) is 64.9 Å². The maximum absolute atomic E-state index is 14.1. The fraction of sp³-hybridized carbons (Fsp3) is 0.600. The highest BCUT2D eigenvalue weighted by molar-refractivity contribution is 6.06. The SMILES string of the molecule is C=C[C@H]1C[C@@]12N=C([C@@H]1C[C@@H](OCc3ccccc3)CN1C(=O)[C@@H](NC(=O)OC1CCCC1)C(C)(C)C)OC2=O. The van der Waals surface area contributed by atoms with Crippen LogP contribution in [0.15, 0.2) is 48.0 Å². The Kier molecular flexibility index (Phi) is 7.55. The van der Waals surface area contributed by atoms with Crippen molar-refractivity contribution >= 4 is 23.9 Å². The Balaban J connectivity index is 1.35. The Morgan fingerprint density at radius 2 is 1.95 bits per heavy atom. The molecule has 2 aliphatic carbocycles. The molecule has 1 spiro atoms. The number of amides is 2. The molecule has 39 heavy (non-hydrogen) atoms. The third-order valence-electron chi connectivity index (χ3n) is 8.24. The lowest BCUT2D eigenvalue weighted by Crippen LogP contribution is -2.57. The summed E-state index contributed by atoms with van der Waals surface area (Å²) in [5.74, 6) is -0.497. The number of ether oxygens (including phenoxy) is 3. The van der Waals surface area contributed by atoms with Gasteiger partial charge in [0.15, 0.2) is 5.54 Å². The molecule has 9 heteroatoms. The number of hydrogen-bond acceptors (Lipinski definition) is 7. The van der Waals surface area contributed by atoms with E-state index in [1.54, 1.807) is 11.0 Å². The van der Waals surface area contributed by atoms with Crippen molar-refractivity contribution in [2.45, 2.75) is 95.7 Å². The standard InChI is InChI=1S/C30H39N3O6/c1-5-20-16-30(20)27(35)39-25(32-30)23-15-22(37-18-19-11-7-6-8-12-19)17-33(23)26(34)24(29(2,3)4)31-28(36)38-21-13-9-10-14-21/h5-8,11-12,20-24H,1,9-10,13-18H2,2-4H3,(H,31,36)/t20-,22+,23-,24+,30+/m0/s1. The summed E-state index contributed by atoms with van der Waals surface area (Å²) in [5.41, 5.74) is -0.487. The lowest BCUT2D eigenvalue weighted by Gasteiger charge is -2.35. The van der Waals surface area contributed by atoms with E-state index in [0.29, 0.717) is 19.4 Å². The van der Waals surface area contributed by atoms with Crippen molar-refractivity contribution in [1.82, 2.24) is 10.2 Å². The summed E-state index contributed by atoms with van der Waals surface area (Å²) in [5, 5.41) is 2.84. The highest BCUT2D eigenvalue weighted by Crippen LogP contribution is 2.52. The number of cyclic esters (lactones) is 1. The maximum Gasteiger partial charge on any atom is 0.408 e. The zero-order valence-electron chi connectivity index (χ0n) is 23.1. The first-order valence-electron chi connectivity index (χ1n) is 14.0. The van der Waals surface area contributed by atoms with Gasteiger partial charge in [-0.25, -0.2) is 14.6 Å². The van der Waals surface area contributed by atoms with E-state index in [0.717, 1.165) is 31.2 Å². The van der Waals surface area contributed by atoms with Crippen LogP contribution in [0, 0.1) is 11.3 Å². The Hall–Kier alpha value is -3.20. The molecular formula is C30H39N3O6. The Bertz CT molecular complexity index is 1140. The number of hydrogen-bond donors (Lipinski definition) is 1. The van der Waals surface area contributed by atoms with Crippen molar-refractivity contribution in [2.75, 3.05) is 6.54 Å². The monoisotopic (exact) mass is 537 g/mol. The van der Waals surface area contributed by atoms with Crippen molar-refractivity contribution < 1.29 is 28.6 Å². The summed E-state index contributed by atoms with van der Waals surface area (Å²) in [6.07, 6.45) is 5.49. The first kappa shape index (κ1) is 27.4. The smallest absolute Gasteiger partial charge is 0.408 e. The van der Waals surface area contributed by atoms with Gasteiger partial charge in [0, 0.05) is 18.9 Å². The number of rotatable bonds is 8. The minimum atomic E-state index is -0.915. The first-order chi connectivity index (χ1) is 18.6. The number of nitrogens with zero attached hydrogens (tertiary/aromatic N) is 2. The predicted molar refractivity (Wildman–Crippen MR) is 145 cm³/mol. The van der Waals surface area contributed by atoms with Crippen LogP contribution in [0.2, 0.25) is 0 Å². The van der Waals surface area contributed by atoms with E-state index < -0.39 is 35.1 Å². The Labute approximate surface area is 230 Å². The van der Waals surface area contributed by atoms with Gasteiger partial charge >= 0.3 is 12.1 Å². The van der Waals surface area contributed by atoms with Crippen LogP contribution in [0.4, 0.5) is 4.79 Å². The molecule has 1 N–H and O–H groups in total. The van der Waals surface area contributed by atoms with E-state index >= 15 is 0 Å². The number of carbonyl (C=O) groups is 3. The highest BCUT2D eigenvalue weighted by Gasteiger charge is 2.65. The predicted octanol–water partition coefficient (Wildman–Crippen LogP) is 4.16. The average Bonchev–Trinajstić information content (AvgIpc) is 3.24. The van der Waals surface area contributed by atoms with Gasteiger partial charge in [0.25, 0.3) is 0 Å². The molecule has 4 aliphatic rings. The third kappa shape index (κ3) is 5.73. The van der Waals surface area contributed by atoms with E-state index in [9.17, 15) is 14.4 Å². The molecule has 2 amide bonds. The lowest BCUT2D eigenvalue weighted by molar-refractivity contribution is -0.139. The van der Waals surface area contributed by atoms with E-state index in [1.165, 1.54) is 0 Å². The van der Waals surface area contributed by atoms with Crippen LogP contribution in [-0.2, 0) is 30.4 Å². The number of likely N-dealkylation sites (tertiary alicyclic amines) is 1. The average molecular weight is 538 g/mol. The van der Waals surface area contributed by atoms with Crippen molar-refractivity contribution in [3.8, 4) is 0 Å². The highest BCUT2D eigenvalue weighted by atomic mass is 16.6. The van der Waals surface area contributed by atoms with Crippen LogP contribution in [0.25, 0.3) is 0 Å². The minimum Gasteiger partial charge on any atom is -0.446 e. The summed E-state index contributed by atoms with van der Waals surface area (Å²) in [4.78, 5) is 46.1. The molecule has 9 nitrogen and oxygen atoms in total. The van der Waals surface area contributed by atoms with E-state index in [1.807, 2.05) is 51.1 Å². The van der Waals surface area contributed by atoms with Crippen molar-refractivity contribution in [2.24, 2.45) is 16.3 Å². The van der Waals surface area contributed by atoms with E-state index in [2.05, 4.69) is 11.9 Å². The number of alkyl carbamates (subject to hydrolysis) is 1. The largest absolute Gasteiger partial charge is 0.446 e. The summed E-state index contributed by atoms with van der Waals surface area (Å²) >= 11 is 0. The zero-order valence-corrected chi connectivity index (χ0v) is 23.1. The van der Waals surface area contributed by atoms with Crippen LogP contribution >= 0.6 is 0 Å². The normalized spacial score (nSPS) is 29.2. The quantitative estimate of drug-likeness (QED) is 0.394. The summed E-state index contributed by atoms with van der Waals surface area (Å²) in [7, 11) is 0. The van der Waals surface area contributed by atoms with Crippen molar-refractivity contribution in [1.29, 1.82) is 0 Å². The molecule has 2 heterocycles. The molecule has 0 unspecified atom stereocenters. The van der Waals surface area contributed by atoms with Gasteiger partial charge in [-0.15, -0.1) is 6.58 Å². The Morgan fingerprint density at radius 1 is 1.23 bits per heavy atom. The van der Waals surface area contributed by atoms with Gasteiger partial charge in [0.2, 0.25) is 11.8 Å². The topological polar surface area (TPSA) is 107 Å². The molecule has 5 atom stereocenters. The molecule has 5 rings (SSSR count). The molecule has 2 saturated carbocycles. The summed E-state index contributed by atoms with van der Waals surface area (Å²) in [6, 6.07) is 8.39. The number of nitrogens with one attached hydrogen (secondary N) is 1. The molecule has 1 saturated heterocycles. The number of aliphatic imine (C=N–C) groups is 1. The zero-order chi connectivity index (χ0) is 27.8. The second-order valence-corrected chi connectivity index (χ2v) is 12.2. The van der Waals surface area contributed by atoms with Gasteiger partial charge in [-0.3, -0.25) is 4.79 Å². The fourth-order valence-corrected chi connectivity index (χ4v) is 5.82. The van der Waals surface area contributed by atoms with Crippen LogP contribution in [0.3, 0.4) is 0 Å². The van der Waals surface area contributed by atoms with Crippen LogP contribution < -0.4 is 5.32 Å². The van der Waals surface area contributed by atoms with Gasteiger partial charge < -0.3 is 24.4 Å². The van der Waals surface area contributed by atoms with Gasteiger partial charge in [0.05, 0.1) is 12.7 Å². The summed E-state index contributed by atoms with van der Waals surface area (Å²) in [6.45, 7) is 10.2. The van der Waals surface area contributed by atoms with Gasteiger partial charge in [-0.2, -0.15) is 0 Å². The second kappa shape index (κ2) is 10.8. The van der Waals surface area contributed by atoms with Crippen molar-refractivity contribution in [3.63, 3.8) is 0 Å². The Morgan fingerprint density at radius 3 is 2.59 bits per heavy atom. The van der Waals surface area contributed by atoms with Crippen LogP contribution in [0.5, 0.6) is 0 Å². The summed E-state index contributed by atoms with van der Waals surface area (Å²) < 4.78 is 17.5. The molecule has 0 bridgehead atoms. The number of carbonyl (C=O) groups excluding carboxylic acids is 3. The van der Waals surface area contributed by atoms with Gasteiger partial charge in [-0.1, -0.05) is 57.2 Å². The molecule has 3 fully saturated rings. The maximum atomic E-state index is 14.1.